The second kappa shape index (κ2) is 5.56. The number of esters is 1. The van der Waals surface area contributed by atoms with Crippen molar-refractivity contribution in [2.24, 2.45) is 0 Å². The van der Waals surface area contributed by atoms with Crippen LogP contribution in [0.1, 0.15) is 22.8 Å². The van der Waals surface area contributed by atoms with Crippen molar-refractivity contribution in [3.05, 3.63) is 35.5 Å². The van der Waals surface area contributed by atoms with Crippen LogP contribution in [0.5, 0.6) is 0 Å². The van der Waals surface area contributed by atoms with Crippen molar-refractivity contribution in [1.29, 1.82) is 0 Å². The van der Waals surface area contributed by atoms with Gasteiger partial charge in [-0.1, -0.05) is 0 Å². The molecule has 5 heteroatoms. The second-order valence-corrected chi connectivity index (χ2v) is 4.30. The van der Waals surface area contributed by atoms with Crippen molar-refractivity contribution in [2.45, 2.75) is 13.3 Å². The minimum Gasteiger partial charge on any atom is -0.465 e. The van der Waals surface area contributed by atoms with Crippen LogP contribution in [-0.4, -0.2) is 30.5 Å². The Morgan fingerprint density at radius 3 is 2.84 bits per heavy atom. The van der Waals surface area contributed by atoms with Gasteiger partial charge in [-0.2, -0.15) is 0 Å². The number of hydrogen-bond acceptors (Lipinski definition) is 3. The lowest BCUT2D eigenvalue weighted by atomic mass is 10.1. The fraction of sp³-hybridized carbons (Fsp3) is 0.286. The van der Waals surface area contributed by atoms with Crippen LogP contribution < -0.4 is 5.32 Å². The first kappa shape index (κ1) is 13.1. The van der Waals surface area contributed by atoms with Crippen LogP contribution in [-0.2, 0) is 16.0 Å². The first-order valence-corrected chi connectivity index (χ1v) is 6.04. The number of carbonyl (C=O) groups excluding carboxylic acids is 2. The van der Waals surface area contributed by atoms with E-state index in [0.717, 1.165) is 16.5 Å². The van der Waals surface area contributed by atoms with Gasteiger partial charge in [-0.15, -0.1) is 0 Å². The fourth-order valence-corrected chi connectivity index (χ4v) is 2.00. The lowest BCUT2D eigenvalue weighted by Crippen LogP contribution is -2.22. The molecule has 0 saturated carbocycles. The molecule has 0 atom stereocenters. The summed E-state index contributed by atoms with van der Waals surface area (Å²) in [7, 11) is 1.36. The zero-order valence-electron chi connectivity index (χ0n) is 10.9. The number of fused-ring (bicyclic) bond motifs is 1. The largest absolute Gasteiger partial charge is 0.465 e. The molecule has 2 N–H and O–H groups in total. The fourth-order valence-electron chi connectivity index (χ4n) is 2.00. The molecule has 5 nitrogen and oxygen atoms in total. The van der Waals surface area contributed by atoms with E-state index in [0.29, 0.717) is 18.5 Å². The van der Waals surface area contributed by atoms with Gasteiger partial charge in [0.25, 0.3) is 0 Å². The normalized spacial score (nSPS) is 10.4. The number of benzene rings is 1. The SMILES string of the molecule is COC(=O)c1ccc2[nH]cc(CCNC(C)=O)c2c1. The average molecular weight is 260 g/mol. The minimum absolute atomic E-state index is 0.0462. The summed E-state index contributed by atoms with van der Waals surface area (Å²) in [5, 5.41) is 3.73. The molecule has 1 aromatic heterocycles. The summed E-state index contributed by atoms with van der Waals surface area (Å²) in [6, 6.07) is 5.38. The summed E-state index contributed by atoms with van der Waals surface area (Å²) in [5.41, 5.74) is 2.55. The number of H-pyrrole nitrogens is 1. The number of nitrogens with one attached hydrogen (secondary N) is 2. The molecule has 0 radical (unpaired) electrons. The van der Waals surface area contributed by atoms with Gasteiger partial charge in [0.2, 0.25) is 5.91 Å². The van der Waals surface area contributed by atoms with Gasteiger partial charge in [0.05, 0.1) is 12.7 Å². The van der Waals surface area contributed by atoms with Gasteiger partial charge < -0.3 is 15.0 Å². The molecule has 2 rings (SSSR count). The van der Waals surface area contributed by atoms with Crippen LogP contribution in [0.2, 0.25) is 0 Å². The molecule has 0 bridgehead atoms. The number of rotatable bonds is 4. The van der Waals surface area contributed by atoms with Crippen molar-refractivity contribution in [2.75, 3.05) is 13.7 Å². The number of aromatic nitrogens is 1. The first-order chi connectivity index (χ1) is 9.11. The zero-order chi connectivity index (χ0) is 13.8. The molecule has 0 aliphatic carbocycles. The van der Waals surface area contributed by atoms with Crippen molar-refractivity contribution < 1.29 is 14.3 Å². The van der Waals surface area contributed by atoms with Gasteiger partial charge in [-0.05, 0) is 30.2 Å². The molecule has 0 fully saturated rings. The first-order valence-electron chi connectivity index (χ1n) is 6.04. The van der Waals surface area contributed by atoms with E-state index in [-0.39, 0.29) is 11.9 Å². The Morgan fingerprint density at radius 1 is 1.37 bits per heavy atom. The standard InChI is InChI=1S/C14H16N2O3/c1-9(17)15-6-5-11-8-16-13-4-3-10(7-12(11)13)14(18)19-2/h3-4,7-8,16H,5-6H2,1-2H3,(H,15,17). The van der Waals surface area contributed by atoms with E-state index in [9.17, 15) is 9.59 Å². The number of hydrogen-bond donors (Lipinski definition) is 2. The summed E-state index contributed by atoms with van der Waals surface area (Å²) >= 11 is 0. The van der Waals surface area contributed by atoms with Crippen molar-refractivity contribution in [3.8, 4) is 0 Å². The molecular formula is C14H16N2O3. The second-order valence-electron chi connectivity index (χ2n) is 4.30. The third-order valence-electron chi connectivity index (χ3n) is 2.96. The zero-order valence-corrected chi connectivity index (χ0v) is 10.9. The molecule has 19 heavy (non-hydrogen) atoms. The Kier molecular flexibility index (Phi) is 3.85. The monoisotopic (exact) mass is 260 g/mol. The van der Waals surface area contributed by atoms with Gasteiger partial charge in [-0.25, -0.2) is 4.79 Å². The van der Waals surface area contributed by atoms with E-state index in [1.165, 1.54) is 14.0 Å². The molecule has 1 amide bonds. The molecule has 0 spiro atoms. The molecule has 0 unspecified atom stereocenters. The Hall–Kier alpha value is -2.30. The Labute approximate surface area is 110 Å². The Bertz CT molecular complexity index is 616. The lowest BCUT2D eigenvalue weighted by Gasteiger charge is -2.03. The highest BCUT2D eigenvalue weighted by atomic mass is 16.5. The minimum atomic E-state index is -0.351. The van der Waals surface area contributed by atoms with Crippen molar-refractivity contribution in [1.82, 2.24) is 10.3 Å². The molecule has 0 saturated heterocycles. The third kappa shape index (κ3) is 2.93. The summed E-state index contributed by atoms with van der Waals surface area (Å²) in [6.07, 6.45) is 2.61. The topological polar surface area (TPSA) is 71.2 Å². The molecule has 0 aliphatic heterocycles. The van der Waals surface area contributed by atoms with Crippen LogP contribution in [0, 0.1) is 0 Å². The highest BCUT2D eigenvalue weighted by Gasteiger charge is 2.09. The Morgan fingerprint density at radius 2 is 2.16 bits per heavy atom. The summed E-state index contributed by atoms with van der Waals surface area (Å²) in [5.74, 6) is -0.397. The predicted molar refractivity (Wildman–Crippen MR) is 72.0 cm³/mol. The number of methoxy groups -OCH3 is 1. The summed E-state index contributed by atoms with van der Waals surface area (Å²) < 4.78 is 4.71. The maximum atomic E-state index is 11.5. The van der Waals surface area contributed by atoms with E-state index < -0.39 is 0 Å². The average Bonchev–Trinajstić information content (AvgIpc) is 2.80. The predicted octanol–water partition coefficient (Wildman–Crippen LogP) is 1.63. The highest BCUT2D eigenvalue weighted by Crippen LogP contribution is 2.20. The Balaban J connectivity index is 2.24. The quantitative estimate of drug-likeness (QED) is 0.821. The number of amides is 1. The van der Waals surface area contributed by atoms with Crippen LogP contribution >= 0.6 is 0 Å². The number of aromatic amines is 1. The number of ether oxygens (including phenoxy) is 1. The van der Waals surface area contributed by atoms with E-state index in [1.807, 2.05) is 12.3 Å². The van der Waals surface area contributed by atoms with Crippen molar-refractivity contribution >= 4 is 22.8 Å². The maximum absolute atomic E-state index is 11.5. The van der Waals surface area contributed by atoms with Gasteiger partial charge in [0, 0.05) is 30.6 Å². The van der Waals surface area contributed by atoms with Gasteiger partial charge in [0.1, 0.15) is 0 Å². The van der Waals surface area contributed by atoms with E-state index >= 15 is 0 Å². The summed E-state index contributed by atoms with van der Waals surface area (Å²) in [6.45, 7) is 2.06. The highest BCUT2D eigenvalue weighted by molar-refractivity contribution is 5.95. The van der Waals surface area contributed by atoms with Crippen LogP contribution in [0.25, 0.3) is 10.9 Å². The van der Waals surface area contributed by atoms with Crippen LogP contribution in [0.15, 0.2) is 24.4 Å². The van der Waals surface area contributed by atoms with Gasteiger partial charge in [-0.3, -0.25) is 4.79 Å². The molecule has 100 valence electrons. The molecular weight excluding hydrogens is 244 g/mol. The van der Waals surface area contributed by atoms with Gasteiger partial charge in [0.15, 0.2) is 0 Å². The molecule has 1 aromatic carbocycles. The van der Waals surface area contributed by atoms with Gasteiger partial charge >= 0.3 is 5.97 Å². The van der Waals surface area contributed by atoms with E-state index in [4.69, 9.17) is 4.74 Å². The third-order valence-corrected chi connectivity index (χ3v) is 2.96. The molecule has 2 aromatic rings. The molecule has 1 heterocycles. The van der Waals surface area contributed by atoms with Crippen LogP contribution in [0.4, 0.5) is 0 Å². The smallest absolute Gasteiger partial charge is 0.337 e. The maximum Gasteiger partial charge on any atom is 0.337 e. The number of carbonyl (C=O) groups is 2. The van der Waals surface area contributed by atoms with E-state index in [1.54, 1.807) is 12.1 Å². The molecule has 0 aliphatic rings. The lowest BCUT2D eigenvalue weighted by molar-refractivity contribution is -0.118. The summed E-state index contributed by atoms with van der Waals surface area (Å²) in [4.78, 5) is 25.5. The van der Waals surface area contributed by atoms with E-state index in [2.05, 4.69) is 10.3 Å². The van der Waals surface area contributed by atoms with Crippen LogP contribution in [0.3, 0.4) is 0 Å². The van der Waals surface area contributed by atoms with Crippen molar-refractivity contribution in [3.63, 3.8) is 0 Å².